The molecule has 0 aliphatic carbocycles. The Balaban J connectivity index is 1.92. The third kappa shape index (κ3) is 12.3. The van der Waals surface area contributed by atoms with Crippen molar-refractivity contribution in [2.75, 3.05) is 11.5 Å². The zero-order valence-electron chi connectivity index (χ0n) is 32.6. The molecule has 1 aliphatic heterocycles. The summed E-state index contributed by atoms with van der Waals surface area (Å²) >= 11 is 7.80. The van der Waals surface area contributed by atoms with E-state index in [1.807, 2.05) is 86.3 Å². The number of benzene rings is 2. The number of hydrogen-bond acceptors (Lipinski definition) is 7. The molecule has 0 saturated carbocycles. The molecule has 2 aromatic rings. The summed E-state index contributed by atoms with van der Waals surface area (Å²) in [6.45, 7) is 10.8. The minimum absolute atomic E-state index is 0.172. The Bertz CT molecular complexity index is 1420. The van der Waals surface area contributed by atoms with E-state index < -0.39 is 53.1 Å². The molecule has 1 saturated heterocycles. The molecular weight excluding hydrogens is 713 g/mol. The molecule has 0 aromatic heterocycles. The number of unbranched alkanes of at least 4 members (excludes halogenated alkanes) is 9. The summed E-state index contributed by atoms with van der Waals surface area (Å²) in [5.41, 5.74) is -4.29. The first kappa shape index (κ1) is 44.6. The van der Waals surface area contributed by atoms with Crippen LogP contribution in [0.3, 0.4) is 0 Å². The quantitative estimate of drug-likeness (QED) is 0.0553. The van der Waals surface area contributed by atoms with E-state index in [0.717, 1.165) is 42.6 Å². The van der Waals surface area contributed by atoms with Crippen molar-refractivity contribution in [1.29, 1.82) is 0 Å². The number of carbonyl (C=O) groups is 2. The lowest BCUT2D eigenvalue weighted by Crippen LogP contribution is -2.55. The van der Waals surface area contributed by atoms with Crippen LogP contribution in [0.5, 0.6) is 0 Å². The summed E-state index contributed by atoms with van der Waals surface area (Å²) in [5, 5.41) is 11.9. The number of rotatable bonds is 22. The molecule has 0 unspecified atom stereocenters. The van der Waals surface area contributed by atoms with Gasteiger partial charge in [-0.2, -0.15) is 11.8 Å². The van der Waals surface area contributed by atoms with Crippen molar-refractivity contribution in [2.45, 2.75) is 148 Å². The van der Waals surface area contributed by atoms with Gasteiger partial charge < -0.3 is 14.6 Å². The largest absolute Gasteiger partial charge is 0.458 e. The summed E-state index contributed by atoms with van der Waals surface area (Å²) in [6, 6.07) is 18.1. The molecular formula is C43H61F2NO5S2. The number of carbonyl (C=O) groups excluding carboxylic acids is 2. The van der Waals surface area contributed by atoms with Gasteiger partial charge in [0.15, 0.2) is 11.2 Å². The predicted molar refractivity (Wildman–Crippen MR) is 216 cm³/mol. The molecule has 53 heavy (non-hydrogen) atoms. The number of esters is 1. The minimum Gasteiger partial charge on any atom is -0.458 e. The summed E-state index contributed by atoms with van der Waals surface area (Å²) in [4.78, 5) is 29.9. The first-order valence-corrected chi connectivity index (χ1v) is 20.9. The van der Waals surface area contributed by atoms with E-state index in [2.05, 4.69) is 6.92 Å². The minimum atomic E-state index is -3.12. The van der Waals surface area contributed by atoms with Gasteiger partial charge in [0.2, 0.25) is 6.43 Å². The number of ether oxygens (including phenoxy) is 2. The van der Waals surface area contributed by atoms with E-state index >= 15 is 0 Å². The van der Waals surface area contributed by atoms with Crippen LogP contribution in [0.4, 0.5) is 8.78 Å². The van der Waals surface area contributed by atoms with Gasteiger partial charge in [0.25, 0.3) is 11.1 Å². The molecule has 1 amide bonds. The van der Waals surface area contributed by atoms with E-state index in [-0.39, 0.29) is 17.5 Å². The van der Waals surface area contributed by atoms with Crippen LogP contribution in [0.2, 0.25) is 0 Å². The molecule has 0 bridgehead atoms. The number of alkyl halides is 2. The molecule has 2 aromatic carbocycles. The third-order valence-electron chi connectivity index (χ3n) is 9.49. The van der Waals surface area contributed by atoms with Gasteiger partial charge >= 0.3 is 5.97 Å². The van der Waals surface area contributed by atoms with Crippen LogP contribution in [0.15, 0.2) is 72.3 Å². The van der Waals surface area contributed by atoms with E-state index in [4.69, 9.17) is 21.7 Å². The molecule has 294 valence electrons. The third-order valence-corrected chi connectivity index (χ3v) is 10.9. The van der Waals surface area contributed by atoms with Gasteiger partial charge in [0, 0.05) is 11.1 Å². The summed E-state index contributed by atoms with van der Waals surface area (Å²) in [7, 11) is 0. The second-order valence-electron chi connectivity index (χ2n) is 15.4. The topological polar surface area (TPSA) is 76.1 Å². The van der Waals surface area contributed by atoms with Crippen LogP contribution >= 0.6 is 24.0 Å². The zero-order valence-corrected chi connectivity index (χ0v) is 34.2. The van der Waals surface area contributed by atoms with E-state index in [1.54, 1.807) is 20.8 Å². The smallest absolute Gasteiger partial charge is 0.343 e. The average molecular weight is 774 g/mol. The lowest BCUT2D eigenvalue weighted by molar-refractivity contribution is -0.177. The molecule has 2 atom stereocenters. The van der Waals surface area contributed by atoms with Gasteiger partial charge in [-0.3, -0.25) is 9.69 Å². The predicted octanol–water partition coefficient (Wildman–Crippen LogP) is 10.8. The van der Waals surface area contributed by atoms with Crippen molar-refractivity contribution in [3.05, 3.63) is 83.4 Å². The van der Waals surface area contributed by atoms with E-state index in [9.17, 15) is 23.5 Å². The van der Waals surface area contributed by atoms with Crippen LogP contribution in [-0.4, -0.2) is 62.2 Å². The van der Waals surface area contributed by atoms with E-state index in [1.165, 1.54) is 48.8 Å². The first-order chi connectivity index (χ1) is 25.2. The Labute approximate surface area is 326 Å². The maximum Gasteiger partial charge on any atom is 0.343 e. The van der Waals surface area contributed by atoms with Crippen molar-refractivity contribution in [2.24, 2.45) is 5.92 Å². The van der Waals surface area contributed by atoms with Crippen molar-refractivity contribution in [1.82, 2.24) is 4.90 Å². The summed E-state index contributed by atoms with van der Waals surface area (Å²) in [5.74, 6) is -0.109. The van der Waals surface area contributed by atoms with E-state index in [0.29, 0.717) is 6.42 Å². The average Bonchev–Trinajstić information content (AvgIpc) is 3.43. The normalized spacial score (nSPS) is 17.3. The number of hydrogen-bond donors (Lipinski definition) is 1. The van der Waals surface area contributed by atoms with Crippen LogP contribution in [-0.2, 0) is 24.7 Å². The van der Waals surface area contributed by atoms with Gasteiger partial charge in [0.1, 0.15) is 5.60 Å². The number of thiocarbonyl (C=S) groups is 1. The highest BCUT2D eigenvalue weighted by atomic mass is 32.2. The molecule has 6 nitrogen and oxygen atoms in total. The highest BCUT2D eigenvalue weighted by molar-refractivity contribution is 7.99. The van der Waals surface area contributed by atoms with Gasteiger partial charge in [0.05, 0.1) is 18.0 Å². The van der Waals surface area contributed by atoms with Gasteiger partial charge in [-0.1, -0.05) is 132 Å². The molecule has 10 heteroatoms. The highest BCUT2D eigenvalue weighted by Gasteiger charge is 2.60. The van der Waals surface area contributed by atoms with Crippen LogP contribution in [0.25, 0.3) is 0 Å². The fraction of sp³-hybridized carbons (Fsp3) is 0.605. The molecule has 1 aliphatic rings. The van der Waals surface area contributed by atoms with Crippen LogP contribution < -0.4 is 0 Å². The number of amides is 1. The van der Waals surface area contributed by atoms with Crippen LogP contribution in [0, 0.1) is 5.92 Å². The van der Waals surface area contributed by atoms with Crippen molar-refractivity contribution >= 4 is 41.0 Å². The molecule has 0 spiro atoms. The number of nitrogens with zero attached hydrogens (tertiary/aromatic N) is 1. The number of allylic oxidation sites excluding steroid dienone is 1. The monoisotopic (exact) mass is 773 g/mol. The number of halogens is 2. The Hall–Kier alpha value is -2.82. The second kappa shape index (κ2) is 21.3. The van der Waals surface area contributed by atoms with Crippen molar-refractivity contribution in [3.8, 4) is 0 Å². The molecule has 1 heterocycles. The molecule has 3 rings (SSSR count). The number of thioether (sulfide) groups is 1. The fourth-order valence-corrected chi connectivity index (χ4v) is 8.35. The molecule has 0 radical (unpaired) electrons. The van der Waals surface area contributed by atoms with Gasteiger partial charge in [-0.05, 0) is 76.1 Å². The van der Waals surface area contributed by atoms with Crippen LogP contribution in [0.1, 0.15) is 130 Å². The first-order valence-electron chi connectivity index (χ1n) is 19.4. The Morgan fingerprint density at radius 3 is 1.91 bits per heavy atom. The standard InChI is InChI=1S/C43H61F2NO5S2/c1-7-8-9-13-22-29-53-30-23-14-11-10-12-21-28-35(42(49,31-36(44)45)39(48)50-41(4,5)6)38(47)46-37(32(2)3)43(51-40(46)52,33-24-17-15-18-25-33)34-26-19-16-20-27-34/h15-20,24-28,32,36-37,49H,7-14,21-23,29-31H2,1-6H3/b35-28+/t37-,42-/m0/s1. The second-order valence-corrected chi connectivity index (χ2v) is 16.9. The molecule has 1 fully saturated rings. The maximum atomic E-state index is 15.0. The van der Waals surface area contributed by atoms with Gasteiger partial charge in [-0.15, -0.1) is 0 Å². The Morgan fingerprint density at radius 2 is 1.42 bits per heavy atom. The SMILES string of the molecule is CCCCCCCSCCCCCCC/C=C(\C(=O)N1C(=S)OC(c2ccccc2)(c2ccccc2)[C@@H]1C(C)C)[C@@](O)(CC(F)F)C(=O)OC(C)(C)C. The fourth-order valence-electron chi connectivity index (χ4n) is 7.00. The summed E-state index contributed by atoms with van der Waals surface area (Å²) in [6.07, 6.45) is 8.42. The Morgan fingerprint density at radius 1 is 0.906 bits per heavy atom. The summed E-state index contributed by atoms with van der Waals surface area (Å²) < 4.78 is 40.7. The van der Waals surface area contributed by atoms with Crippen molar-refractivity contribution < 1.29 is 33.0 Å². The maximum absolute atomic E-state index is 15.0. The lowest BCUT2D eigenvalue weighted by atomic mass is 9.75. The number of aliphatic hydroxyl groups is 1. The zero-order chi connectivity index (χ0) is 39.1. The molecule has 1 N–H and O–H groups in total. The van der Waals surface area contributed by atoms with Crippen molar-refractivity contribution in [3.63, 3.8) is 0 Å². The Kier molecular flexibility index (Phi) is 17.9. The lowest BCUT2D eigenvalue weighted by Gasteiger charge is -2.39. The highest BCUT2D eigenvalue weighted by Crippen LogP contribution is 2.48. The van der Waals surface area contributed by atoms with Gasteiger partial charge in [-0.25, -0.2) is 13.6 Å².